The summed E-state index contributed by atoms with van der Waals surface area (Å²) in [7, 11) is 1.44. The third-order valence-corrected chi connectivity index (χ3v) is 3.52. The molecule has 0 amide bonds. The van der Waals surface area contributed by atoms with Gasteiger partial charge >= 0.3 is 0 Å². The van der Waals surface area contributed by atoms with Crippen molar-refractivity contribution in [1.29, 1.82) is 0 Å². The Morgan fingerprint density at radius 1 is 1.28 bits per heavy atom. The number of hydrogen-bond acceptors (Lipinski definition) is 2. The van der Waals surface area contributed by atoms with Gasteiger partial charge in [0.1, 0.15) is 11.6 Å². The third-order valence-electron chi connectivity index (χ3n) is 3.52. The molecule has 1 aliphatic rings. The quantitative estimate of drug-likeness (QED) is 0.893. The van der Waals surface area contributed by atoms with E-state index in [1.54, 1.807) is 6.07 Å². The molecule has 1 heterocycles. The highest BCUT2D eigenvalue weighted by molar-refractivity contribution is 5.27. The summed E-state index contributed by atoms with van der Waals surface area (Å²) >= 11 is 0. The first-order valence-corrected chi connectivity index (χ1v) is 6.37. The van der Waals surface area contributed by atoms with Gasteiger partial charge in [-0.3, -0.25) is 0 Å². The maximum atomic E-state index is 14.1. The van der Waals surface area contributed by atoms with Gasteiger partial charge in [-0.1, -0.05) is 6.07 Å². The van der Waals surface area contributed by atoms with E-state index in [1.165, 1.54) is 13.2 Å². The molecule has 0 atom stereocenters. The lowest BCUT2D eigenvalue weighted by Gasteiger charge is -2.23. The SMILES string of the molecule is COCc1c(F)ccc(CC2CCNCC2)c1F. The van der Waals surface area contributed by atoms with Crippen molar-refractivity contribution >= 4 is 0 Å². The summed E-state index contributed by atoms with van der Waals surface area (Å²) in [6, 6.07) is 2.90. The molecule has 18 heavy (non-hydrogen) atoms. The fourth-order valence-corrected chi connectivity index (χ4v) is 2.48. The summed E-state index contributed by atoms with van der Waals surface area (Å²) in [5.41, 5.74) is 0.652. The fraction of sp³-hybridized carbons (Fsp3) is 0.571. The predicted molar refractivity (Wildman–Crippen MR) is 66.4 cm³/mol. The molecule has 1 aromatic rings. The zero-order valence-corrected chi connectivity index (χ0v) is 10.6. The molecule has 1 fully saturated rings. The monoisotopic (exact) mass is 255 g/mol. The van der Waals surface area contributed by atoms with Gasteiger partial charge in [-0.2, -0.15) is 0 Å². The van der Waals surface area contributed by atoms with Crippen molar-refractivity contribution in [3.8, 4) is 0 Å². The van der Waals surface area contributed by atoms with E-state index in [-0.39, 0.29) is 12.2 Å². The minimum Gasteiger partial charge on any atom is -0.380 e. The Hall–Kier alpha value is -1.00. The average molecular weight is 255 g/mol. The number of benzene rings is 1. The highest BCUT2D eigenvalue weighted by atomic mass is 19.1. The van der Waals surface area contributed by atoms with Crippen LogP contribution in [-0.4, -0.2) is 20.2 Å². The summed E-state index contributed by atoms with van der Waals surface area (Å²) in [6.07, 6.45) is 2.79. The number of ether oxygens (including phenoxy) is 1. The molecule has 1 saturated heterocycles. The van der Waals surface area contributed by atoms with Crippen molar-refractivity contribution < 1.29 is 13.5 Å². The molecule has 2 rings (SSSR count). The van der Waals surface area contributed by atoms with Crippen LogP contribution >= 0.6 is 0 Å². The minimum atomic E-state index is -0.525. The van der Waals surface area contributed by atoms with E-state index < -0.39 is 11.6 Å². The molecule has 0 spiro atoms. The molecule has 0 saturated carbocycles. The van der Waals surface area contributed by atoms with Gasteiger partial charge in [0.2, 0.25) is 0 Å². The number of rotatable bonds is 4. The van der Waals surface area contributed by atoms with Crippen LogP contribution in [0, 0.1) is 17.6 Å². The molecular formula is C14H19F2NO. The van der Waals surface area contributed by atoms with Crippen molar-refractivity contribution in [3.63, 3.8) is 0 Å². The highest BCUT2D eigenvalue weighted by Gasteiger charge is 2.18. The van der Waals surface area contributed by atoms with Gasteiger partial charge in [0.15, 0.2) is 0 Å². The third kappa shape index (κ3) is 3.06. The number of halogens is 2. The summed E-state index contributed by atoms with van der Waals surface area (Å²) < 4.78 is 32.5. The smallest absolute Gasteiger partial charge is 0.134 e. The van der Waals surface area contributed by atoms with Gasteiger partial charge in [-0.25, -0.2) is 8.78 Å². The van der Waals surface area contributed by atoms with Crippen molar-refractivity contribution in [2.24, 2.45) is 5.92 Å². The van der Waals surface area contributed by atoms with Crippen LogP contribution in [0.5, 0.6) is 0 Å². The predicted octanol–water partition coefficient (Wildman–Crippen LogP) is 2.65. The Balaban J connectivity index is 2.14. The Morgan fingerprint density at radius 3 is 2.67 bits per heavy atom. The van der Waals surface area contributed by atoms with E-state index in [2.05, 4.69) is 5.32 Å². The van der Waals surface area contributed by atoms with Gasteiger partial charge in [0.25, 0.3) is 0 Å². The van der Waals surface area contributed by atoms with Crippen LogP contribution in [0.25, 0.3) is 0 Å². The molecule has 0 radical (unpaired) electrons. The lowest BCUT2D eigenvalue weighted by atomic mass is 9.90. The van der Waals surface area contributed by atoms with E-state index in [9.17, 15) is 8.78 Å². The van der Waals surface area contributed by atoms with E-state index in [1.807, 2.05) is 0 Å². The van der Waals surface area contributed by atoms with E-state index in [0.717, 1.165) is 25.9 Å². The van der Waals surface area contributed by atoms with Crippen molar-refractivity contribution in [3.05, 3.63) is 34.9 Å². The van der Waals surface area contributed by atoms with E-state index in [4.69, 9.17) is 4.74 Å². The molecule has 0 aromatic heterocycles. The van der Waals surface area contributed by atoms with Gasteiger partial charge in [0, 0.05) is 12.7 Å². The second-order valence-electron chi connectivity index (χ2n) is 4.83. The largest absolute Gasteiger partial charge is 0.380 e. The first kappa shape index (κ1) is 13.4. The van der Waals surface area contributed by atoms with E-state index >= 15 is 0 Å². The van der Waals surface area contributed by atoms with Crippen LogP contribution in [0.15, 0.2) is 12.1 Å². The van der Waals surface area contributed by atoms with Gasteiger partial charge < -0.3 is 10.1 Å². The summed E-state index contributed by atoms with van der Waals surface area (Å²) in [4.78, 5) is 0. The number of methoxy groups -OCH3 is 1. The maximum absolute atomic E-state index is 14.1. The molecule has 1 aromatic carbocycles. The summed E-state index contributed by atoms with van der Waals surface area (Å²) in [5, 5.41) is 3.28. The molecule has 0 unspecified atom stereocenters. The van der Waals surface area contributed by atoms with Crippen molar-refractivity contribution in [1.82, 2.24) is 5.32 Å². The Bertz CT molecular complexity index is 403. The minimum absolute atomic E-state index is 0.0161. The van der Waals surface area contributed by atoms with Crippen LogP contribution < -0.4 is 5.32 Å². The van der Waals surface area contributed by atoms with Crippen LogP contribution in [-0.2, 0) is 17.8 Å². The average Bonchev–Trinajstić information content (AvgIpc) is 2.39. The molecule has 0 aliphatic carbocycles. The zero-order chi connectivity index (χ0) is 13.0. The second kappa shape index (κ2) is 6.25. The zero-order valence-electron chi connectivity index (χ0n) is 10.6. The molecule has 0 bridgehead atoms. The van der Waals surface area contributed by atoms with Gasteiger partial charge in [-0.05, 0) is 49.9 Å². The first-order chi connectivity index (χ1) is 8.72. The highest BCUT2D eigenvalue weighted by Crippen LogP contribution is 2.23. The first-order valence-electron chi connectivity index (χ1n) is 6.37. The molecule has 1 N–H and O–H groups in total. The van der Waals surface area contributed by atoms with E-state index in [0.29, 0.717) is 17.9 Å². The Kier molecular flexibility index (Phi) is 4.66. The molecule has 1 aliphatic heterocycles. The summed E-state index contributed by atoms with van der Waals surface area (Å²) in [6.45, 7) is 1.95. The summed E-state index contributed by atoms with van der Waals surface area (Å²) in [5.74, 6) is -0.472. The molecule has 4 heteroatoms. The van der Waals surface area contributed by atoms with Crippen LogP contribution in [0.1, 0.15) is 24.0 Å². The van der Waals surface area contributed by atoms with Crippen molar-refractivity contribution in [2.75, 3.05) is 20.2 Å². The lowest BCUT2D eigenvalue weighted by molar-refractivity contribution is 0.177. The Morgan fingerprint density at radius 2 is 2.00 bits per heavy atom. The maximum Gasteiger partial charge on any atom is 0.134 e. The van der Waals surface area contributed by atoms with Gasteiger partial charge in [0.05, 0.1) is 6.61 Å². The Labute approximate surface area is 106 Å². The van der Waals surface area contributed by atoms with Crippen LogP contribution in [0.4, 0.5) is 8.78 Å². The second-order valence-corrected chi connectivity index (χ2v) is 4.83. The van der Waals surface area contributed by atoms with Crippen LogP contribution in [0.2, 0.25) is 0 Å². The lowest BCUT2D eigenvalue weighted by Crippen LogP contribution is -2.28. The number of nitrogens with one attached hydrogen (secondary N) is 1. The number of hydrogen-bond donors (Lipinski definition) is 1. The molecular weight excluding hydrogens is 236 g/mol. The number of piperidine rings is 1. The van der Waals surface area contributed by atoms with Gasteiger partial charge in [-0.15, -0.1) is 0 Å². The van der Waals surface area contributed by atoms with Crippen LogP contribution in [0.3, 0.4) is 0 Å². The molecule has 2 nitrogen and oxygen atoms in total. The fourth-order valence-electron chi connectivity index (χ4n) is 2.48. The normalized spacial score (nSPS) is 17.1. The standard InChI is InChI=1S/C14H19F2NO/c1-18-9-12-13(15)3-2-11(14(12)16)8-10-4-6-17-7-5-10/h2-3,10,17H,4-9H2,1H3. The topological polar surface area (TPSA) is 21.3 Å². The molecule has 100 valence electrons. The van der Waals surface area contributed by atoms with Crippen molar-refractivity contribution in [2.45, 2.75) is 25.9 Å².